The third-order valence-electron chi connectivity index (χ3n) is 9.14. The van der Waals surface area contributed by atoms with E-state index < -0.39 is 0 Å². The first-order valence-electron chi connectivity index (χ1n) is 19.5. The average Bonchev–Trinajstić information content (AvgIpc) is 3.72. The van der Waals surface area contributed by atoms with E-state index in [9.17, 15) is 19.2 Å². The summed E-state index contributed by atoms with van der Waals surface area (Å²) in [5.74, 6) is -0.435. The molecule has 0 saturated carbocycles. The number of anilines is 4. The van der Waals surface area contributed by atoms with Gasteiger partial charge in [-0.15, -0.1) is 0 Å². The van der Waals surface area contributed by atoms with Crippen LogP contribution in [-0.2, 0) is 6.42 Å². The Labute approximate surface area is 350 Å². The van der Waals surface area contributed by atoms with Crippen LogP contribution in [0.5, 0.6) is 0 Å². The van der Waals surface area contributed by atoms with Crippen LogP contribution in [0.25, 0.3) is 0 Å². The van der Waals surface area contributed by atoms with Crippen molar-refractivity contribution in [1.82, 2.24) is 20.6 Å². The summed E-state index contributed by atoms with van der Waals surface area (Å²) in [6.07, 6.45) is 5.15. The van der Waals surface area contributed by atoms with Crippen LogP contribution < -0.4 is 31.9 Å². The molecule has 0 aliphatic heterocycles. The fourth-order valence-electron chi connectivity index (χ4n) is 6.42. The molecule has 0 aliphatic rings. The highest BCUT2D eigenvalue weighted by Crippen LogP contribution is 2.28. The van der Waals surface area contributed by atoms with Gasteiger partial charge in [0, 0.05) is 24.5 Å². The number of nitrogens with one attached hydrogen (secondary N) is 6. The number of nitrogens with zero attached hydrogens (tertiary/aromatic N) is 2. The lowest BCUT2D eigenvalue weighted by Gasteiger charge is -2.12. The second-order valence-corrected chi connectivity index (χ2v) is 16.4. The molecule has 6 amide bonds. The number of carbonyl (C=O) groups is 4. The van der Waals surface area contributed by atoms with Gasteiger partial charge in [-0.1, -0.05) is 115 Å². The minimum Gasteiger partial charge on any atom is -0.338 e. The van der Waals surface area contributed by atoms with Gasteiger partial charge in [0.2, 0.25) is 0 Å². The quantitative estimate of drug-likeness (QED) is 0.0610. The number of thiazole rings is 2. The molecule has 0 bridgehead atoms. The van der Waals surface area contributed by atoms with Gasteiger partial charge in [-0.25, -0.2) is 19.6 Å². The molecular weight excluding hydrogens is 769 g/mol. The fraction of sp³-hybridized carbons (Fsp3) is 0.364. The van der Waals surface area contributed by atoms with Crippen molar-refractivity contribution in [3.63, 3.8) is 0 Å². The number of unbranched alkanes of at least 4 members (excludes halogenated alkanes) is 3. The lowest BCUT2D eigenvalue weighted by molar-refractivity contribution is 0.102. The van der Waals surface area contributed by atoms with Crippen LogP contribution in [0, 0.1) is 55.4 Å². The van der Waals surface area contributed by atoms with E-state index >= 15 is 0 Å². The lowest BCUT2D eigenvalue weighted by Crippen LogP contribution is -2.30. The second kappa shape index (κ2) is 21.8. The van der Waals surface area contributed by atoms with E-state index in [1.165, 1.54) is 17.8 Å². The molecule has 5 aromatic rings. The number of aryl methyl sites for hydroxylation is 8. The Bertz CT molecular complexity index is 2170. The van der Waals surface area contributed by atoms with Crippen LogP contribution in [-0.4, -0.2) is 46.9 Å². The van der Waals surface area contributed by atoms with Gasteiger partial charge in [0.05, 0.1) is 11.4 Å². The molecule has 0 aliphatic carbocycles. The molecule has 0 spiro atoms. The smallest absolute Gasteiger partial charge is 0.321 e. The van der Waals surface area contributed by atoms with Crippen molar-refractivity contribution in [2.75, 3.05) is 34.4 Å². The Balaban J connectivity index is 0.000000257. The van der Waals surface area contributed by atoms with E-state index in [0.717, 1.165) is 87.3 Å². The summed E-state index contributed by atoms with van der Waals surface area (Å²) in [5, 5.41) is 17.9. The molecule has 3 aromatic carbocycles. The molecule has 6 N–H and O–H groups in total. The van der Waals surface area contributed by atoms with Gasteiger partial charge in [0.25, 0.3) is 11.8 Å². The number of rotatable bonds is 14. The number of hydrogen-bond acceptors (Lipinski definition) is 8. The maximum absolute atomic E-state index is 12.8. The second-order valence-electron chi connectivity index (χ2n) is 14.4. The molecule has 2 heterocycles. The molecule has 308 valence electrons. The topological polar surface area (TPSA) is 166 Å². The van der Waals surface area contributed by atoms with Gasteiger partial charge in [-0.3, -0.25) is 20.2 Å². The zero-order valence-electron chi connectivity index (χ0n) is 35.0. The number of hydrogen-bond donors (Lipinski definition) is 6. The minimum absolute atomic E-state index is 0.210. The summed E-state index contributed by atoms with van der Waals surface area (Å²) in [5.41, 5.74) is 10.4. The summed E-state index contributed by atoms with van der Waals surface area (Å²) in [4.78, 5) is 59.3. The van der Waals surface area contributed by atoms with Crippen LogP contribution in [0.2, 0.25) is 0 Å². The van der Waals surface area contributed by atoms with Crippen LogP contribution in [0.1, 0.15) is 102 Å². The number of aromatic nitrogens is 2. The third kappa shape index (κ3) is 13.5. The van der Waals surface area contributed by atoms with Crippen molar-refractivity contribution in [3.05, 3.63) is 115 Å². The third-order valence-corrected chi connectivity index (χ3v) is 11.3. The molecule has 0 atom stereocenters. The van der Waals surface area contributed by atoms with Gasteiger partial charge in [-0.05, 0) is 96.0 Å². The van der Waals surface area contributed by atoms with E-state index in [1.807, 2.05) is 96.1 Å². The molecule has 12 nitrogen and oxygen atoms in total. The van der Waals surface area contributed by atoms with E-state index in [4.69, 9.17) is 0 Å². The number of benzene rings is 3. The van der Waals surface area contributed by atoms with Crippen molar-refractivity contribution < 1.29 is 19.2 Å². The average molecular weight is 825 g/mol. The first-order valence-corrected chi connectivity index (χ1v) is 21.1. The van der Waals surface area contributed by atoms with E-state index in [1.54, 1.807) is 13.8 Å². The minimum atomic E-state index is -0.336. The summed E-state index contributed by atoms with van der Waals surface area (Å²) >= 11 is 2.35. The molecule has 14 heteroatoms. The largest absolute Gasteiger partial charge is 0.338 e. The Hall–Kier alpha value is -5.60. The van der Waals surface area contributed by atoms with E-state index in [0.29, 0.717) is 44.5 Å². The molecule has 0 unspecified atom stereocenters. The number of urea groups is 2. The normalized spacial score (nSPS) is 10.6. The zero-order chi connectivity index (χ0) is 42.4. The summed E-state index contributed by atoms with van der Waals surface area (Å²) in [7, 11) is 0. The summed E-state index contributed by atoms with van der Waals surface area (Å²) in [6, 6.07) is 17.5. The maximum Gasteiger partial charge on any atom is 0.321 e. The Morgan fingerprint density at radius 2 is 0.983 bits per heavy atom. The molecule has 0 radical (unpaired) electrons. The van der Waals surface area contributed by atoms with Crippen LogP contribution in [0.3, 0.4) is 0 Å². The monoisotopic (exact) mass is 824 g/mol. The van der Waals surface area contributed by atoms with Gasteiger partial charge < -0.3 is 21.3 Å². The van der Waals surface area contributed by atoms with Crippen LogP contribution >= 0.6 is 22.7 Å². The van der Waals surface area contributed by atoms with Crippen molar-refractivity contribution in [2.45, 2.75) is 94.4 Å². The highest BCUT2D eigenvalue weighted by Gasteiger charge is 2.20. The molecule has 58 heavy (non-hydrogen) atoms. The summed E-state index contributed by atoms with van der Waals surface area (Å²) < 4.78 is 0. The fourth-order valence-corrected chi connectivity index (χ4v) is 8.13. The SMILES string of the molecule is CCCCCCNC(=O)Nc1nc(C)c(C(=O)Nc2c(C)cc(C)cc2C)s1.Cc1cc(C)c(NC(=O)c2sc(NC(=O)NCCc3ccccc3)nc2C)c(C)c1. The lowest BCUT2D eigenvalue weighted by atomic mass is 10.1. The number of amides is 6. The van der Waals surface area contributed by atoms with Crippen molar-refractivity contribution >= 4 is 68.2 Å². The highest BCUT2D eigenvalue weighted by atomic mass is 32.1. The molecule has 0 saturated heterocycles. The van der Waals surface area contributed by atoms with Crippen LogP contribution in [0.4, 0.5) is 31.2 Å². The Morgan fingerprint density at radius 3 is 1.41 bits per heavy atom. The Kier molecular flexibility index (Phi) is 16.9. The molecule has 2 aromatic heterocycles. The zero-order valence-corrected chi connectivity index (χ0v) is 36.6. The molecule has 0 fully saturated rings. The van der Waals surface area contributed by atoms with Gasteiger partial charge in [0.1, 0.15) is 9.75 Å². The predicted molar refractivity (Wildman–Crippen MR) is 239 cm³/mol. The molecule has 5 rings (SSSR count). The molecular formula is C44H56N8O4S2. The van der Waals surface area contributed by atoms with Gasteiger partial charge in [0.15, 0.2) is 10.3 Å². The predicted octanol–water partition coefficient (Wildman–Crippen LogP) is 10.3. The Morgan fingerprint density at radius 1 is 0.552 bits per heavy atom. The first kappa shape index (κ1) is 45.1. The summed E-state index contributed by atoms with van der Waals surface area (Å²) in [6.45, 7) is 18.8. The van der Waals surface area contributed by atoms with Crippen molar-refractivity contribution in [1.29, 1.82) is 0 Å². The van der Waals surface area contributed by atoms with Crippen molar-refractivity contribution in [2.24, 2.45) is 0 Å². The van der Waals surface area contributed by atoms with Crippen LogP contribution in [0.15, 0.2) is 54.6 Å². The van der Waals surface area contributed by atoms with E-state index in [2.05, 4.69) is 48.8 Å². The highest BCUT2D eigenvalue weighted by molar-refractivity contribution is 7.18. The first-order chi connectivity index (χ1) is 27.6. The van der Waals surface area contributed by atoms with Crippen molar-refractivity contribution in [3.8, 4) is 0 Å². The standard InChI is InChI=1S/C23H26N4O2S.C21H30N4O2S/c1-14-12-15(2)19(16(3)13-14)26-21(28)20-17(4)25-23(30-20)27-22(29)24-11-10-18-8-6-5-7-9-18;1-6-7-8-9-10-22-20(27)25-21-23-16(5)18(28-21)19(26)24-17-14(3)11-13(2)12-15(17)4/h5-9,12-13H,10-11H2,1-4H3,(H,26,28)(H2,24,25,27,29);11-12H,6-10H2,1-5H3,(H,24,26)(H2,22,23,25,27). The van der Waals surface area contributed by atoms with Gasteiger partial charge in [-0.2, -0.15) is 0 Å². The maximum atomic E-state index is 12.8. The van der Waals surface area contributed by atoms with Gasteiger partial charge >= 0.3 is 12.1 Å². The van der Waals surface area contributed by atoms with E-state index in [-0.39, 0.29) is 23.9 Å². The number of carbonyl (C=O) groups excluding carboxylic acids is 4.